The molecule has 3 aromatic rings. The largest absolute Gasteiger partial charge is 0.481 e. The van der Waals surface area contributed by atoms with E-state index in [1.165, 1.54) is 48.5 Å². The zero-order chi connectivity index (χ0) is 32.6. The first-order valence-corrected chi connectivity index (χ1v) is 13.0. The van der Waals surface area contributed by atoms with Crippen LogP contribution < -0.4 is 14.2 Å². The lowest BCUT2D eigenvalue weighted by molar-refractivity contribution is -0.154. The molecule has 0 radical (unpaired) electrons. The van der Waals surface area contributed by atoms with Gasteiger partial charge in [-0.25, -0.2) is 0 Å². The highest BCUT2D eigenvalue weighted by atomic mass is 79.9. The lowest BCUT2D eigenvalue weighted by Gasteiger charge is -2.19. The Bertz CT molecular complexity index is 1290. The third-order valence-corrected chi connectivity index (χ3v) is 4.89. The first-order valence-electron chi connectivity index (χ1n) is 12.2. The highest BCUT2D eigenvalue weighted by molar-refractivity contribution is 9.10. The van der Waals surface area contributed by atoms with Gasteiger partial charge in [0.2, 0.25) is 0 Å². The van der Waals surface area contributed by atoms with Gasteiger partial charge in [-0.15, -0.1) is 0 Å². The average Bonchev–Trinajstić information content (AvgIpc) is 2.82. The van der Waals surface area contributed by atoms with Crippen LogP contribution in [0.2, 0.25) is 0 Å². The minimum Gasteiger partial charge on any atom is -0.481 e. The molecule has 3 rings (SSSR count). The van der Waals surface area contributed by atoms with E-state index in [4.69, 9.17) is 9.84 Å². The fourth-order valence-electron chi connectivity index (χ4n) is 3.03. The average molecular weight is 683 g/mol. The van der Waals surface area contributed by atoms with Crippen LogP contribution in [0.3, 0.4) is 0 Å². The molecular weight excluding hydrogens is 654 g/mol. The molecule has 14 heteroatoms. The van der Waals surface area contributed by atoms with E-state index < -0.39 is 37.4 Å². The number of esters is 1. The molecule has 3 aromatic carbocycles. The van der Waals surface area contributed by atoms with Gasteiger partial charge in [0.1, 0.15) is 22.8 Å². The zero-order valence-corrected chi connectivity index (χ0v) is 24.7. The topological polar surface area (TPSA) is 91.3 Å². The van der Waals surface area contributed by atoms with Crippen LogP contribution in [0.25, 0.3) is 0 Å². The van der Waals surface area contributed by atoms with Crippen LogP contribution >= 0.6 is 15.9 Å². The number of halogens is 7. The number of ether oxygens (including phenoxy) is 4. The van der Waals surface area contributed by atoms with Gasteiger partial charge in [0, 0.05) is 4.47 Å². The van der Waals surface area contributed by atoms with Gasteiger partial charge in [-0.05, 0) is 74.4 Å². The smallest absolute Gasteiger partial charge is 0.387 e. The van der Waals surface area contributed by atoms with Crippen molar-refractivity contribution in [3.63, 3.8) is 0 Å². The number of carboxylic acid groups (broad SMARTS) is 1. The van der Waals surface area contributed by atoms with Crippen LogP contribution in [0.15, 0.2) is 77.3 Å². The molecule has 0 saturated heterocycles. The summed E-state index contributed by atoms with van der Waals surface area (Å²) < 4.78 is 89.2. The molecule has 43 heavy (non-hydrogen) atoms. The second kappa shape index (κ2) is 18.6. The van der Waals surface area contributed by atoms with Crippen molar-refractivity contribution in [3.8, 4) is 17.2 Å². The number of hydrogen-bond acceptors (Lipinski definition) is 6. The van der Waals surface area contributed by atoms with Gasteiger partial charge in [-0.2, -0.15) is 26.3 Å². The Morgan fingerprint density at radius 3 is 1.47 bits per heavy atom. The molecule has 0 atom stereocenters. The molecule has 0 unspecified atom stereocenters. The lowest BCUT2D eigenvalue weighted by Crippen LogP contribution is -2.24. The maximum atomic E-state index is 12.0. The van der Waals surface area contributed by atoms with Gasteiger partial charge < -0.3 is 24.1 Å². The van der Waals surface area contributed by atoms with Gasteiger partial charge in [0.05, 0.1) is 12.8 Å². The molecule has 0 amide bonds. The van der Waals surface area contributed by atoms with E-state index >= 15 is 0 Å². The fourth-order valence-corrected chi connectivity index (χ4v) is 3.40. The number of alkyl halides is 6. The summed E-state index contributed by atoms with van der Waals surface area (Å²) in [7, 11) is 0. The molecule has 0 bridgehead atoms. The molecule has 0 aliphatic heterocycles. The molecule has 0 heterocycles. The van der Waals surface area contributed by atoms with Crippen LogP contribution in [0.1, 0.15) is 31.9 Å². The number of carbonyl (C=O) groups excluding carboxylic acids is 1. The monoisotopic (exact) mass is 682 g/mol. The Balaban J connectivity index is 0.000000332. The van der Waals surface area contributed by atoms with Crippen molar-refractivity contribution in [1.29, 1.82) is 0 Å². The predicted octanol–water partition coefficient (Wildman–Crippen LogP) is 8.14. The number of rotatable bonds is 10. The van der Waals surface area contributed by atoms with Gasteiger partial charge >= 0.3 is 31.8 Å². The van der Waals surface area contributed by atoms with Crippen molar-refractivity contribution in [2.45, 2.75) is 59.0 Å². The van der Waals surface area contributed by atoms with Crippen LogP contribution in [-0.2, 0) is 27.2 Å². The standard InChI is InChI=1S/C13H16F2O3.C9H8F2O3.C7H5BrF2O/c1-13(2,3)18-11(16)8-9-5-4-6-10(7-9)17-12(14)15;10-9(11)14-7-3-1-2-6(4-7)5-8(12)13;8-5-2-1-3-6(4-5)11-7(9)10/h4-7,12H,8H2,1-3H3;1-4,9H,5H2,(H,12,13);1-4,7H. The number of hydrogen-bond donors (Lipinski definition) is 1. The Morgan fingerprint density at radius 2 is 1.09 bits per heavy atom. The lowest BCUT2D eigenvalue weighted by atomic mass is 10.1. The third-order valence-electron chi connectivity index (χ3n) is 4.39. The summed E-state index contributed by atoms with van der Waals surface area (Å²) in [5, 5.41) is 8.45. The Labute approximate surface area is 252 Å². The van der Waals surface area contributed by atoms with Crippen molar-refractivity contribution < 1.29 is 60.0 Å². The quantitative estimate of drug-likeness (QED) is 0.171. The maximum absolute atomic E-state index is 12.0. The number of carboxylic acids is 1. The zero-order valence-electron chi connectivity index (χ0n) is 23.1. The Hall–Kier alpha value is -3.94. The molecule has 0 aliphatic rings. The Morgan fingerprint density at radius 1 is 0.698 bits per heavy atom. The molecule has 0 fully saturated rings. The minimum absolute atomic E-state index is 0.0255. The van der Waals surface area contributed by atoms with Gasteiger partial charge in [-0.3, -0.25) is 9.59 Å². The first-order chi connectivity index (χ1) is 20.0. The second-order valence-electron chi connectivity index (χ2n) is 9.22. The van der Waals surface area contributed by atoms with Crippen molar-refractivity contribution in [2.75, 3.05) is 0 Å². The molecular formula is C29H29BrF6O7. The highest BCUT2D eigenvalue weighted by Gasteiger charge is 2.17. The number of benzene rings is 3. The van der Waals surface area contributed by atoms with E-state index in [2.05, 4.69) is 30.1 Å². The number of aliphatic carboxylic acids is 1. The molecule has 7 nitrogen and oxygen atoms in total. The van der Waals surface area contributed by atoms with E-state index in [9.17, 15) is 35.9 Å². The normalized spacial score (nSPS) is 10.7. The van der Waals surface area contributed by atoms with Gasteiger partial charge in [0.25, 0.3) is 0 Å². The summed E-state index contributed by atoms with van der Waals surface area (Å²) in [6, 6.07) is 17.9. The van der Waals surface area contributed by atoms with Crippen LogP contribution in [0.4, 0.5) is 26.3 Å². The summed E-state index contributed by atoms with van der Waals surface area (Å²) in [4.78, 5) is 21.9. The van der Waals surface area contributed by atoms with E-state index in [1.54, 1.807) is 45.0 Å². The summed E-state index contributed by atoms with van der Waals surface area (Å²) in [5.41, 5.74) is 0.437. The fraction of sp³-hybridized carbons (Fsp3) is 0.310. The summed E-state index contributed by atoms with van der Waals surface area (Å²) in [6.45, 7) is -3.23. The van der Waals surface area contributed by atoms with E-state index in [-0.39, 0.29) is 30.1 Å². The summed E-state index contributed by atoms with van der Waals surface area (Å²) >= 11 is 3.13. The molecule has 0 aliphatic carbocycles. The van der Waals surface area contributed by atoms with Crippen molar-refractivity contribution in [3.05, 3.63) is 88.4 Å². The van der Waals surface area contributed by atoms with Crippen LogP contribution in [0.5, 0.6) is 17.2 Å². The molecule has 0 aromatic heterocycles. The van der Waals surface area contributed by atoms with Crippen molar-refractivity contribution in [2.24, 2.45) is 0 Å². The highest BCUT2D eigenvalue weighted by Crippen LogP contribution is 2.20. The first kappa shape index (κ1) is 37.1. The van der Waals surface area contributed by atoms with E-state index in [1.807, 2.05) is 0 Å². The van der Waals surface area contributed by atoms with Crippen LogP contribution in [-0.4, -0.2) is 42.5 Å². The summed E-state index contributed by atoms with van der Waals surface area (Å²) in [6.07, 6.45) is -0.182. The second-order valence-corrected chi connectivity index (χ2v) is 10.1. The van der Waals surface area contributed by atoms with E-state index in [0.29, 0.717) is 11.1 Å². The molecule has 0 saturated carbocycles. The molecule has 0 spiro atoms. The molecule has 236 valence electrons. The summed E-state index contributed by atoms with van der Waals surface area (Å²) in [5.74, 6) is -1.25. The van der Waals surface area contributed by atoms with Crippen molar-refractivity contribution >= 4 is 27.9 Å². The third kappa shape index (κ3) is 19.0. The molecule has 1 N–H and O–H groups in total. The Kier molecular flexibility index (Phi) is 16.0. The van der Waals surface area contributed by atoms with Crippen molar-refractivity contribution in [1.82, 2.24) is 0 Å². The SMILES string of the molecule is CC(C)(C)OC(=O)Cc1cccc(OC(F)F)c1.FC(F)Oc1cccc(Br)c1.O=C(O)Cc1cccc(OC(F)F)c1. The number of carbonyl (C=O) groups is 2. The maximum Gasteiger partial charge on any atom is 0.387 e. The van der Waals surface area contributed by atoms with Gasteiger partial charge in [-0.1, -0.05) is 46.3 Å². The van der Waals surface area contributed by atoms with Crippen LogP contribution in [0, 0.1) is 0 Å². The van der Waals surface area contributed by atoms with E-state index in [0.717, 1.165) is 4.47 Å². The predicted molar refractivity (Wildman–Crippen MR) is 148 cm³/mol. The minimum atomic E-state index is -2.89. The van der Waals surface area contributed by atoms with Gasteiger partial charge in [0.15, 0.2) is 0 Å².